The first-order valence-electron chi connectivity index (χ1n) is 5.76. The van der Waals surface area contributed by atoms with Gasteiger partial charge in [-0.2, -0.15) is 0 Å². The molecule has 0 aliphatic heterocycles. The van der Waals surface area contributed by atoms with Crippen LogP contribution in [0.4, 0.5) is 0 Å². The summed E-state index contributed by atoms with van der Waals surface area (Å²) < 4.78 is 10.4. The molecule has 18 heavy (non-hydrogen) atoms. The molecule has 0 saturated carbocycles. The van der Waals surface area contributed by atoms with Crippen LogP contribution >= 0.6 is 0 Å². The van der Waals surface area contributed by atoms with E-state index in [1.807, 2.05) is 38.1 Å². The van der Waals surface area contributed by atoms with Gasteiger partial charge < -0.3 is 8.83 Å². The van der Waals surface area contributed by atoms with Gasteiger partial charge in [-0.15, -0.1) is 0 Å². The van der Waals surface area contributed by atoms with E-state index in [1.54, 1.807) is 12.1 Å². The lowest BCUT2D eigenvalue weighted by Gasteiger charge is -2.01. The zero-order valence-corrected chi connectivity index (χ0v) is 10.2. The molecule has 1 heterocycles. The van der Waals surface area contributed by atoms with Crippen molar-refractivity contribution in [2.24, 2.45) is 0 Å². The van der Waals surface area contributed by atoms with Crippen LogP contribution in [-0.4, -0.2) is 0 Å². The van der Waals surface area contributed by atoms with Crippen LogP contribution in [0.15, 0.2) is 50.0 Å². The van der Waals surface area contributed by atoms with Crippen LogP contribution in [0.5, 0.6) is 0 Å². The van der Waals surface area contributed by atoms with Gasteiger partial charge in [0.2, 0.25) is 0 Å². The zero-order valence-electron chi connectivity index (χ0n) is 10.2. The van der Waals surface area contributed by atoms with Crippen molar-refractivity contribution >= 4 is 21.9 Å². The van der Waals surface area contributed by atoms with E-state index in [1.165, 1.54) is 0 Å². The number of benzene rings is 2. The first kappa shape index (κ1) is 10.8. The number of hydrogen-bond acceptors (Lipinski definition) is 3. The van der Waals surface area contributed by atoms with Gasteiger partial charge in [0.25, 0.3) is 0 Å². The monoisotopic (exact) mass is 240 g/mol. The summed E-state index contributed by atoms with van der Waals surface area (Å²) in [7, 11) is 0. The van der Waals surface area contributed by atoms with Crippen molar-refractivity contribution < 1.29 is 8.83 Å². The summed E-state index contributed by atoms with van der Waals surface area (Å²) in [5.74, 6) is -0.697. The largest absolute Gasteiger partial charge is 0.519 e. The Hall–Kier alpha value is -2.29. The van der Waals surface area contributed by atoms with Gasteiger partial charge in [-0.1, -0.05) is 24.3 Å². The molecule has 0 atom stereocenters. The highest BCUT2D eigenvalue weighted by Crippen LogP contribution is 2.24. The second-order valence-corrected chi connectivity index (χ2v) is 4.31. The third kappa shape index (κ3) is 1.56. The second kappa shape index (κ2) is 3.88. The summed E-state index contributed by atoms with van der Waals surface area (Å²) in [6, 6.07) is 11.3. The fourth-order valence-electron chi connectivity index (χ4n) is 2.23. The smallest absolute Gasteiger partial charge is 0.394 e. The maximum atomic E-state index is 11.7. The van der Waals surface area contributed by atoms with Crippen molar-refractivity contribution in [1.29, 1.82) is 0 Å². The molecular weight excluding hydrogens is 228 g/mol. The average Bonchev–Trinajstić information content (AvgIpc) is 2.36. The summed E-state index contributed by atoms with van der Waals surface area (Å²) in [5.41, 5.74) is 2.96. The Balaban J connectivity index is 2.77. The first-order chi connectivity index (χ1) is 8.66. The Morgan fingerprint density at radius 2 is 1.22 bits per heavy atom. The minimum absolute atomic E-state index is 0.541. The van der Waals surface area contributed by atoms with E-state index in [4.69, 9.17) is 8.83 Å². The van der Waals surface area contributed by atoms with Gasteiger partial charge in [-0.25, -0.2) is 4.79 Å². The van der Waals surface area contributed by atoms with Gasteiger partial charge in [0.1, 0.15) is 11.2 Å². The Morgan fingerprint density at radius 1 is 0.778 bits per heavy atom. The van der Waals surface area contributed by atoms with Gasteiger partial charge in [-0.05, 0) is 47.9 Å². The van der Waals surface area contributed by atoms with E-state index in [-0.39, 0.29) is 0 Å². The molecule has 0 fully saturated rings. The third-order valence-corrected chi connectivity index (χ3v) is 3.24. The van der Waals surface area contributed by atoms with Crippen molar-refractivity contribution in [2.45, 2.75) is 13.8 Å². The molecule has 0 aliphatic carbocycles. The van der Waals surface area contributed by atoms with E-state index < -0.39 is 5.82 Å². The van der Waals surface area contributed by atoms with Gasteiger partial charge in [0.15, 0.2) is 0 Å². The molecule has 3 rings (SSSR count). The van der Waals surface area contributed by atoms with E-state index >= 15 is 0 Å². The summed E-state index contributed by atoms with van der Waals surface area (Å²) in [6.07, 6.45) is 0. The van der Waals surface area contributed by atoms with E-state index in [0.29, 0.717) is 11.2 Å². The lowest BCUT2D eigenvalue weighted by Crippen LogP contribution is -1.92. The Morgan fingerprint density at radius 3 is 1.67 bits per heavy atom. The third-order valence-electron chi connectivity index (χ3n) is 3.24. The Labute approximate surface area is 103 Å². The highest BCUT2D eigenvalue weighted by molar-refractivity contribution is 5.93. The molecule has 1 aromatic heterocycles. The summed E-state index contributed by atoms with van der Waals surface area (Å²) in [6.45, 7) is 3.88. The molecule has 0 spiro atoms. The molecule has 0 unspecified atom stereocenters. The SMILES string of the molecule is Cc1c2cccc1c1cccc(oc(=O)o2)c1C. The molecule has 3 heteroatoms. The Bertz CT molecular complexity index is 755. The number of aryl methyl sites for hydroxylation is 2. The van der Waals surface area contributed by atoms with E-state index in [2.05, 4.69) is 0 Å². The van der Waals surface area contributed by atoms with Crippen LogP contribution in [0.2, 0.25) is 0 Å². The predicted octanol–water partition coefficient (Wildman–Crippen LogP) is 3.72. The van der Waals surface area contributed by atoms with Crippen molar-refractivity contribution in [3.63, 3.8) is 0 Å². The van der Waals surface area contributed by atoms with Gasteiger partial charge >= 0.3 is 5.82 Å². The number of fused-ring (bicyclic) bond motifs is 5. The summed E-state index contributed by atoms with van der Waals surface area (Å²) in [4.78, 5) is 11.7. The maximum Gasteiger partial charge on any atom is 0.519 e. The molecule has 3 nitrogen and oxygen atoms in total. The van der Waals surface area contributed by atoms with Crippen LogP contribution in [0.25, 0.3) is 21.9 Å². The zero-order chi connectivity index (χ0) is 12.7. The molecule has 4 bridgehead atoms. The molecular formula is C15H12O3. The van der Waals surface area contributed by atoms with Gasteiger partial charge in [0, 0.05) is 0 Å². The fraction of sp³-hybridized carbons (Fsp3) is 0.133. The summed E-state index contributed by atoms with van der Waals surface area (Å²) >= 11 is 0. The van der Waals surface area contributed by atoms with E-state index in [9.17, 15) is 4.79 Å². The lowest BCUT2D eigenvalue weighted by atomic mass is 10.0. The molecule has 0 saturated heterocycles. The van der Waals surface area contributed by atoms with Gasteiger partial charge in [-0.3, -0.25) is 0 Å². The molecule has 0 aliphatic rings. The quantitative estimate of drug-likeness (QED) is 0.601. The topological polar surface area (TPSA) is 43.4 Å². The van der Waals surface area contributed by atoms with Crippen LogP contribution in [-0.2, 0) is 0 Å². The number of hydrogen-bond donors (Lipinski definition) is 0. The lowest BCUT2D eigenvalue weighted by molar-refractivity contribution is 0.372. The fourth-order valence-corrected chi connectivity index (χ4v) is 2.23. The maximum absolute atomic E-state index is 11.7. The highest BCUT2D eigenvalue weighted by atomic mass is 16.5. The second-order valence-electron chi connectivity index (χ2n) is 4.31. The summed E-state index contributed by atoms with van der Waals surface area (Å²) in [5, 5.41) is 2.12. The van der Waals surface area contributed by atoms with Crippen molar-refractivity contribution in [2.75, 3.05) is 0 Å². The van der Waals surface area contributed by atoms with Crippen LogP contribution in [0.1, 0.15) is 11.1 Å². The van der Waals surface area contributed by atoms with Crippen molar-refractivity contribution in [3.05, 3.63) is 58.1 Å². The average molecular weight is 240 g/mol. The molecule has 0 amide bonds. The minimum Gasteiger partial charge on any atom is -0.394 e. The van der Waals surface area contributed by atoms with Crippen molar-refractivity contribution in [1.82, 2.24) is 0 Å². The molecule has 3 aromatic rings. The minimum atomic E-state index is -0.697. The standard InChI is InChI=1S/C15H12O3/c1-9-11-5-3-7-13(9)17-15(16)18-14-8-4-6-12(11)10(14)2/h3-8H,1-2H3. The molecule has 90 valence electrons. The van der Waals surface area contributed by atoms with Gasteiger partial charge in [0.05, 0.1) is 0 Å². The van der Waals surface area contributed by atoms with Crippen LogP contribution < -0.4 is 5.82 Å². The predicted molar refractivity (Wildman–Crippen MR) is 70.5 cm³/mol. The number of rotatable bonds is 0. The van der Waals surface area contributed by atoms with E-state index in [0.717, 1.165) is 21.9 Å². The normalized spacial score (nSPS) is 11.0. The molecule has 0 radical (unpaired) electrons. The first-order valence-corrected chi connectivity index (χ1v) is 5.76. The Kier molecular flexibility index (Phi) is 2.33. The van der Waals surface area contributed by atoms with Crippen LogP contribution in [0.3, 0.4) is 0 Å². The molecule has 2 aromatic carbocycles. The molecule has 0 N–H and O–H groups in total. The van der Waals surface area contributed by atoms with Crippen molar-refractivity contribution in [3.8, 4) is 0 Å². The highest BCUT2D eigenvalue weighted by Gasteiger charge is 2.05. The van der Waals surface area contributed by atoms with Crippen LogP contribution in [0, 0.1) is 13.8 Å².